The summed E-state index contributed by atoms with van der Waals surface area (Å²) in [5.74, 6) is 0.500. The van der Waals surface area contributed by atoms with E-state index in [9.17, 15) is 9.90 Å². The molecule has 20 heavy (non-hydrogen) atoms. The molecule has 3 nitrogen and oxygen atoms in total. The number of aryl methyl sites for hydroxylation is 1. The van der Waals surface area contributed by atoms with Crippen LogP contribution >= 0.6 is 0 Å². The van der Waals surface area contributed by atoms with Crippen molar-refractivity contribution in [3.8, 4) is 5.75 Å². The smallest absolute Gasteiger partial charge is 0.255 e. The first-order chi connectivity index (χ1) is 9.61. The predicted molar refractivity (Wildman–Crippen MR) is 81.0 cm³/mol. The van der Waals surface area contributed by atoms with Gasteiger partial charge in [0, 0.05) is 6.04 Å². The summed E-state index contributed by atoms with van der Waals surface area (Å²) >= 11 is 0. The topological polar surface area (TPSA) is 49.3 Å². The van der Waals surface area contributed by atoms with E-state index in [4.69, 9.17) is 0 Å². The second-order valence-electron chi connectivity index (χ2n) is 5.91. The average molecular weight is 275 g/mol. The van der Waals surface area contributed by atoms with Crippen LogP contribution in [0.3, 0.4) is 0 Å². The zero-order chi connectivity index (χ0) is 14.5. The summed E-state index contributed by atoms with van der Waals surface area (Å²) in [6, 6.07) is 5.37. The first kappa shape index (κ1) is 14.9. The molecule has 1 aliphatic rings. The normalized spacial score (nSPS) is 17.7. The molecule has 2 rings (SSSR count). The Balaban J connectivity index is 2.06. The highest BCUT2D eigenvalue weighted by atomic mass is 16.3. The average Bonchev–Trinajstić information content (AvgIpc) is 2.48. The molecule has 2 N–H and O–H groups in total. The minimum atomic E-state index is -0.149. The SMILES string of the molecule is CCC(NC(=O)c1cc(C)ccc1O)C1CCCCC1. The van der Waals surface area contributed by atoms with Gasteiger partial charge >= 0.3 is 0 Å². The monoisotopic (exact) mass is 275 g/mol. The van der Waals surface area contributed by atoms with E-state index in [1.807, 2.05) is 13.0 Å². The number of nitrogens with one attached hydrogen (secondary N) is 1. The van der Waals surface area contributed by atoms with Gasteiger partial charge in [-0.1, -0.05) is 37.8 Å². The summed E-state index contributed by atoms with van der Waals surface area (Å²) in [6.45, 7) is 4.05. The summed E-state index contributed by atoms with van der Waals surface area (Å²) in [6.07, 6.45) is 7.22. The van der Waals surface area contributed by atoms with Crippen molar-refractivity contribution in [2.24, 2.45) is 5.92 Å². The first-order valence-electron chi connectivity index (χ1n) is 7.72. The summed E-state index contributed by atoms with van der Waals surface area (Å²) in [5.41, 5.74) is 1.37. The van der Waals surface area contributed by atoms with E-state index >= 15 is 0 Å². The van der Waals surface area contributed by atoms with Crippen LogP contribution in [0.25, 0.3) is 0 Å². The molecule has 1 fully saturated rings. The third-order valence-corrected chi connectivity index (χ3v) is 4.37. The number of aromatic hydroxyl groups is 1. The van der Waals surface area contributed by atoms with E-state index in [0.717, 1.165) is 12.0 Å². The number of phenols is 1. The Bertz CT molecular complexity index is 464. The number of hydrogen-bond acceptors (Lipinski definition) is 2. The molecule has 0 aromatic heterocycles. The fraction of sp³-hybridized carbons (Fsp3) is 0.588. The Morgan fingerprint density at radius 1 is 1.35 bits per heavy atom. The summed E-state index contributed by atoms with van der Waals surface area (Å²) in [5, 5.41) is 13.0. The lowest BCUT2D eigenvalue weighted by atomic mass is 9.83. The molecule has 1 aromatic carbocycles. The van der Waals surface area contributed by atoms with Crippen LogP contribution in [0.1, 0.15) is 61.4 Å². The van der Waals surface area contributed by atoms with Gasteiger partial charge in [-0.05, 0) is 44.2 Å². The fourth-order valence-electron chi connectivity index (χ4n) is 3.17. The Kier molecular flexibility index (Phi) is 5.05. The van der Waals surface area contributed by atoms with Gasteiger partial charge in [-0.3, -0.25) is 4.79 Å². The largest absolute Gasteiger partial charge is 0.507 e. The van der Waals surface area contributed by atoms with E-state index in [1.54, 1.807) is 12.1 Å². The first-order valence-corrected chi connectivity index (χ1v) is 7.72. The minimum absolute atomic E-state index is 0.0617. The minimum Gasteiger partial charge on any atom is -0.507 e. The van der Waals surface area contributed by atoms with E-state index in [2.05, 4.69) is 12.2 Å². The molecule has 0 spiro atoms. The Labute approximate surface area is 121 Å². The van der Waals surface area contributed by atoms with Gasteiger partial charge in [0.2, 0.25) is 0 Å². The van der Waals surface area contributed by atoms with Crippen molar-refractivity contribution in [1.29, 1.82) is 0 Å². The number of phenolic OH excluding ortho intramolecular Hbond substituents is 1. The van der Waals surface area contributed by atoms with Gasteiger partial charge in [0.25, 0.3) is 5.91 Å². The van der Waals surface area contributed by atoms with Crippen LogP contribution < -0.4 is 5.32 Å². The summed E-state index contributed by atoms with van der Waals surface area (Å²) < 4.78 is 0. The molecule has 1 aromatic rings. The molecule has 1 amide bonds. The molecule has 0 radical (unpaired) electrons. The lowest BCUT2D eigenvalue weighted by molar-refractivity contribution is 0.0908. The number of carbonyl (C=O) groups is 1. The van der Waals surface area contributed by atoms with E-state index in [1.165, 1.54) is 32.1 Å². The second kappa shape index (κ2) is 6.78. The van der Waals surface area contributed by atoms with Gasteiger partial charge in [-0.2, -0.15) is 0 Å². The van der Waals surface area contributed by atoms with Crippen molar-refractivity contribution in [2.75, 3.05) is 0 Å². The van der Waals surface area contributed by atoms with Crippen LogP contribution in [0.2, 0.25) is 0 Å². The quantitative estimate of drug-likeness (QED) is 0.878. The zero-order valence-electron chi connectivity index (χ0n) is 12.5. The van der Waals surface area contributed by atoms with Crippen LogP contribution in [0.5, 0.6) is 5.75 Å². The van der Waals surface area contributed by atoms with E-state index in [0.29, 0.717) is 11.5 Å². The molecule has 1 unspecified atom stereocenters. The molecule has 3 heteroatoms. The Morgan fingerprint density at radius 2 is 2.05 bits per heavy atom. The van der Waals surface area contributed by atoms with Gasteiger partial charge in [0.05, 0.1) is 5.56 Å². The van der Waals surface area contributed by atoms with Crippen molar-refractivity contribution >= 4 is 5.91 Å². The maximum atomic E-state index is 12.4. The van der Waals surface area contributed by atoms with Crippen molar-refractivity contribution in [3.05, 3.63) is 29.3 Å². The van der Waals surface area contributed by atoms with Gasteiger partial charge < -0.3 is 10.4 Å². The highest BCUT2D eigenvalue weighted by Crippen LogP contribution is 2.28. The Hall–Kier alpha value is -1.51. The molecular weight excluding hydrogens is 250 g/mol. The molecule has 0 bridgehead atoms. The molecule has 0 aliphatic heterocycles. The van der Waals surface area contributed by atoms with Crippen LogP contribution in [0.15, 0.2) is 18.2 Å². The van der Waals surface area contributed by atoms with Gasteiger partial charge in [-0.15, -0.1) is 0 Å². The van der Waals surface area contributed by atoms with Crippen molar-refractivity contribution < 1.29 is 9.90 Å². The standard InChI is InChI=1S/C17H25NO2/c1-3-15(13-7-5-4-6-8-13)18-17(20)14-11-12(2)9-10-16(14)19/h9-11,13,15,19H,3-8H2,1-2H3,(H,18,20). The number of rotatable bonds is 4. The Morgan fingerprint density at radius 3 is 2.70 bits per heavy atom. The maximum Gasteiger partial charge on any atom is 0.255 e. The molecule has 1 atom stereocenters. The van der Waals surface area contributed by atoms with Crippen LogP contribution in [-0.2, 0) is 0 Å². The van der Waals surface area contributed by atoms with Gasteiger partial charge in [-0.25, -0.2) is 0 Å². The highest BCUT2D eigenvalue weighted by Gasteiger charge is 2.24. The van der Waals surface area contributed by atoms with E-state index < -0.39 is 0 Å². The zero-order valence-corrected chi connectivity index (χ0v) is 12.5. The van der Waals surface area contributed by atoms with Crippen LogP contribution in [-0.4, -0.2) is 17.1 Å². The van der Waals surface area contributed by atoms with Crippen molar-refractivity contribution in [1.82, 2.24) is 5.32 Å². The van der Waals surface area contributed by atoms with Gasteiger partial charge in [0.15, 0.2) is 0 Å². The van der Waals surface area contributed by atoms with Crippen LogP contribution in [0.4, 0.5) is 0 Å². The summed E-state index contributed by atoms with van der Waals surface area (Å²) in [4.78, 5) is 12.4. The molecule has 0 heterocycles. The predicted octanol–water partition coefficient (Wildman–Crippen LogP) is 3.79. The van der Waals surface area contributed by atoms with Crippen molar-refractivity contribution in [2.45, 2.75) is 58.4 Å². The maximum absolute atomic E-state index is 12.4. The highest BCUT2D eigenvalue weighted by molar-refractivity contribution is 5.97. The lowest BCUT2D eigenvalue weighted by Crippen LogP contribution is -2.40. The van der Waals surface area contributed by atoms with E-state index in [-0.39, 0.29) is 17.7 Å². The molecule has 0 saturated heterocycles. The van der Waals surface area contributed by atoms with Crippen molar-refractivity contribution in [3.63, 3.8) is 0 Å². The molecular formula is C17H25NO2. The number of carbonyl (C=O) groups excluding carboxylic acids is 1. The lowest BCUT2D eigenvalue weighted by Gasteiger charge is -2.30. The fourth-order valence-corrected chi connectivity index (χ4v) is 3.17. The molecule has 1 aliphatic carbocycles. The third-order valence-electron chi connectivity index (χ3n) is 4.37. The molecule has 110 valence electrons. The third kappa shape index (κ3) is 3.53. The number of benzene rings is 1. The number of hydrogen-bond donors (Lipinski definition) is 2. The molecule has 1 saturated carbocycles. The van der Waals surface area contributed by atoms with Crippen LogP contribution in [0, 0.1) is 12.8 Å². The second-order valence-corrected chi connectivity index (χ2v) is 5.91. The van der Waals surface area contributed by atoms with Gasteiger partial charge in [0.1, 0.15) is 5.75 Å². The summed E-state index contributed by atoms with van der Waals surface area (Å²) in [7, 11) is 0. The number of amides is 1.